The monoisotopic (exact) mass is 358 g/mol. The van der Waals surface area contributed by atoms with E-state index >= 15 is 0 Å². The van der Waals surface area contributed by atoms with Gasteiger partial charge >= 0.3 is 0 Å². The van der Waals surface area contributed by atoms with Gasteiger partial charge in [-0.2, -0.15) is 5.26 Å². The number of hydrogen-bond donors (Lipinski definition) is 0. The van der Waals surface area contributed by atoms with E-state index in [1.165, 1.54) is 18.2 Å². The molecule has 0 saturated carbocycles. The second kappa shape index (κ2) is 7.08. The van der Waals surface area contributed by atoms with Gasteiger partial charge < -0.3 is 9.80 Å². The molecule has 1 saturated heterocycles. The van der Waals surface area contributed by atoms with E-state index in [-0.39, 0.29) is 10.6 Å². The van der Waals surface area contributed by atoms with Crippen LogP contribution in [0.15, 0.2) is 30.3 Å². The molecule has 1 aliphatic heterocycles. The van der Waals surface area contributed by atoms with Crippen molar-refractivity contribution in [2.24, 2.45) is 0 Å². The molecular weight excluding hydrogens is 343 g/mol. The number of carbonyl (C=O) groups excluding carboxylic acids is 1. The van der Waals surface area contributed by atoms with Gasteiger partial charge in [0.15, 0.2) is 0 Å². The van der Waals surface area contributed by atoms with Crippen molar-refractivity contribution < 1.29 is 9.18 Å². The molecule has 2 heterocycles. The van der Waals surface area contributed by atoms with Crippen molar-refractivity contribution >= 4 is 23.3 Å². The number of pyridine rings is 1. The first-order valence-corrected chi connectivity index (χ1v) is 8.25. The molecule has 3 rings (SSSR count). The number of rotatable bonds is 2. The highest BCUT2D eigenvalue weighted by Gasteiger charge is 2.26. The Balaban J connectivity index is 1.72. The normalized spacial score (nSPS) is 14.3. The largest absolute Gasteiger partial charge is 0.353 e. The number of aryl methyl sites for hydroxylation is 1. The minimum Gasteiger partial charge on any atom is -0.353 e. The Morgan fingerprint density at radius 1 is 1.24 bits per heavy atom. The first kappa shape index (κ1) is 17.2. The molecule has 1 fully saturated rings. The molecule has 128 valence electrons. The Hall–Kier alpha value is -2.65. The molecule has 0 atom stereocenters. The first-order chi connectivity index (χ1) is 12.0. The highest BCUT2D eigenvalue weighted by Crippen LogP contribution is 2.22. The Kier molecular flexibility index (Phi) is 4.86. The second-order valence-electron chi connectivity index (χ2n) is 5.82. The third-order valence-corrected chi connectivity index (χ3v) is 4.57. The number of benzene rings is 1. The molecule has 0 spiro atoms. The van der Waals surface area contributed by atoms with E-state index in [0.29, 0.717) is 37.7 Å². The summed E-state index contributed by atoms with van der Waals surface area (Å²) in [5.41, 5.74) is 1.14. The maximum absolute atomic E-state index is 13.9. The molecule has 0 N–H and O–H groups in total. The Morgan fingerprint density at radius 2 is 1.96 bits per heavy atom. The summed E-state index contributed by atoms with van der Waals surface area (Å²) in [6.45, 7) is 3.81. The van der Waals surface area contributed by atoms with Crippen LogP contribution in [0.5, 0.6) is 0 Å². The first-order valence-electron chi connectivity index (χ1n) is 7.87. The molecule has 0 aliphatic carbocycles. The van der Waals surface area contributed by atoms with Gasteiger partial charge in [-0.15, -0.1) is 0 Å². The van der Waals surface area contributed by atoms with Gasteiger partial charge in [0, 0.05) is 26.2 Å². The van der Waals surface area contributed by atoms with Crippen LogP contribution in [0.4, 0.5) is 10.2 Å². The summed E-state index contributed by atoms with van der Waals surface area (Å²) in [4.78, 5) is 20.5. The summed E-state index contributed by atoms with van der Waals surface area (Å²) >= 11 is 5.98. The molecule has 0 bridgehead atoms. The number of nitrogens with zero attached hydrogens (tertiary/aromatic N) is 4. The zero-order chi connectivity index (χ0) is 18.0. The number of carbonyl (C=O) groups is 1. The number of piperazine rings is 1. The summed E-state index contributed by atoms with van der Waals surface area (Å²) in [6.07, 6.45) is 0. The Morgan fingerprint density at radius 3 is 2.60 bits per heavy atom. The average molecular weight is 359 g/mol. The Bertz CT molecular complexity index is 836. The van der Waals surface area contributed by atoms with Crippen molar-refractivity contribution in [2.75, 3.05) is 31.1 Å². The van der Waals surface area contributed by atoms with Crippen LogP contribution in [0.3, 0.4) is 0 Å². The maximum Gasteiger partial charge on any atom is 0.258 e. The van der Waals surface area contributed by atoms with Crippen LogP contribution >= 0.6 is 11.6 Å². The smallest absolute Gasteiger partial charge is 0.258 e. The lowest BCUT2D eigenvalue weighted by Gasteiger charge is -2.35. The molecule has 2 aromatic rings. The van der Waals surface area contributed by atoms with E-state index in [0.717, 1.165) is 5.56 Å². The zero-order valence-electron chi connectivity index (χ0n) is 13.7. The highest BCUT2D eigenvalue weighted by atomic mass is 35.5. The molecule has 1 aromatic heterocycles. The maximum atomic E-state index is 13.9. The molecule has 25 heavy (non-hydrogen) atoms. The summed E-state index contributed by atoms with van der Waals surface area (Å²) in [5.74, 6) is -0.311. The number of halogens is 2. The number of aromatic nitrogens is 1. The second-order valence-corrected chi connectivity index (χ2v) is 6.23. The predicted molar refractivity (Wildman–Crippen MR) is 93.2 cm³/mol. The van der Waals surface area contributed by atoms with Crippen LogP contribution in [0.25, 0.3) is 0 Å². The topological polar surface area (TPSA) is 60.2 Å². The van der Waals surface area contributed by atoms with Gasteiger partial charge in [0.1, 0.15) is 23.4 Å². The van der Waals surface area contributed by atoms with Gasteiger partial charge in [0.2, 0.25) is 0 Å². The molecule has 1 aromatic carbocycles. The van der Waals surface area contributed by atoms with Crippen LogP contribution in [0, 0.1) is 24.1 Å². The molecule has 1 aliphatic rings. The van der Waals surface area contributed by atoms with Crippen LogP contribution < -0.4 is 4.90 Å². The van der Waals surface area contributed by atoms with Crippen LogP contribution in [0.2, 0.25) is 5.02 Å². The fraction of sp³-hybridized carbons (Fsp3) is 0.278. The van der Waals surface area contributed by atoms with Gasteiger partial charge in [0.25, 0.3) is 5.91 Å². The van der Waals surface area contributed by atoms with Crippen molar-refractivity contribution in [3.05, 3.63) is 58.0 Å². The van der Waals surface area contributed by atoms with Crippen LogP contribution in [0.1, 0.15) is 21.6 Å². The van der Waals surface area contributed by atoms with Gasteiger partial charge in [-0.3, -0.25) is 4.79 Å². The summed E-state index contributed by atoms with van der Waals surface area (Å²) in [7, 11) is 0. The van der Waals surface area contributed by atoms with E-state index in [9.17, 15) is 9.18 Å². The molecule has 0 radical (unpaired) electrons. The Labute approximate surface area is 150 Å². The number of nitriles is 1. The highest BCUT2D eigenvalue weighted by molar-refractivity contribution is 6.33. The van der Waals surface area contributed by atoms with Crippen LogP contribution in [-0.4, -0.2) is 42.0 Å². The molecule has 0 unspecified atom stereocenters. The van der Waals surface area contributed by atoms with E-state index in [4.69, 9.17) is 16.9 Å². The van der Waals surface area contributed by atoms with Crippen LogP contribution in [-0.2, 0) is 0 Å². The van der Waals surface area contributed by atoms with Crippen molar-refractivity contribution in [3.63, 3.8) is 0 Å². The predicted octanol–water partition coefficient (Wildman–Crippen LogP) is 3.02. The lowest BCUT2D eigenvalue weighted by molar-refractivity contribution is 0.0742. The average Bonchev–Trinajstić information content (AvgIpc) is 2.62. The zero-order valence-corrected chi connectivity index (χ0v) is 14.4. The number of amides is 1. The third kappa shape index (κ3) is 3.42. The molecule has 1 amide bonds. The van der Waals surface area contributed by atoms with E-state index in [1.54, 1.807) is 4.90 Å². The quantitative estimate of drug-likeness (QED) is 0.828. The van der Waals surface area contributed by atoms with E-state index in [2.05, 4.69) is 11.1 Å². The van der Waals surface area contributed by atoms with Crippen molar-refractivity contribution in [2.45, 2.75) is 6.92 Å². The fourth-order valence-corrected chi connectivity index (χ4v) is 3.05. The molecule has 7 heteroatoms. The lowest BCUT2D eigenvalue weighted by atomic mass is 10.1. The van der Waals surface area contributed by atoms with E-state index in [1.807, 2.05) is 24.0 Å². The van der Waals surface area contributed by atoms with Crippen molar-refractivity contribution in [1.82, 2.24) is 9.88 Å². The summed E-state index contributed by atoms with van der Waals surface area (Å²) in [6, 6.07) is 10.0. The summed E-state index contributed by atoms with van der Waals surface area (Å²) in [5, 5.41) is 9.22. The van der Waals surface area contributed by atoms with Crippen molar-refractivity contribution in [3.8, 4) is 6.07 Å². The minimum absolute atomic E-state index is 0.0853. The fourth-order valence-electron chi connectivity index (χ4n) is 2.81. The van der Waals surface area contributed by atoms with Crippen molar-refractivity contribution in [1.29, 1.82) is 5.26 Å². The number of hydrogen-bond acceptors (Lipinski definition) is 4. The van der Waals surface area contributed by atoms with Gasteiger partial charge in [0.05, 0.1) is 10.6 Å². The van der Waals surface area contributed by atoms with Gasteiger partial charge in [-0.1, -0.05) is 23.7 Å². The SMILES string of the molecule is Cc1ccc(N2CCN(C(=O)c3c(F)cccc3Cl)CC2)nc1C#N. The number of anilines is 1. The standard InChI is InChI=1S/C18H16ClFN4O/c1-12-5-6-16(22-15(12)11-21)23-7-9-24(10-8-23)18(25)17-13(19)3-2-4-14(17)20/h2-6H,7-10H2,1H3. The lowest BCUT2D eigenvalue weighted by Crippen LogP contribution is -2.49. The minimum atomic E-state index is -0.612. The molecule has 5 nitrogen and oxygen atoms in total. The van der Waals surface area contributed by atoms with E-state index < -0.39 is 11.7 Å². The third-order valence-electron chi connectivity index (χ3n) is 4.26. The van der Waals surface area contributed by atoms with Gasteiger partial charge in [-0.25, -0.2) is 9.37 Å². The van der Waals surface area contributed by atoms with Gasteiger partial charge in [-0.05, 0) is 30.7 Å². The summed E-state index contributed by atoms with van der Waals surface area (Å²) < 4.78 is 13.9. The molecular formula is C18H16ClFN4O.